The van der Waals surface area contributed by atoms with Gasteiger partial charge in [-0.15, -0.1) is 11.3 Å². The number of nitrogens with zero attached hydrogens (tertiary/aromatic N) is 1. The second-order valence-electron chi connectivity index (χ2n) is 8.73. The molecule has 0 saturated heterocycles. The number of hydrogen-bond donors (Lipinski definition) is 3. The average molecular weight is 510 g/mol. The molecule has 2 aromatic heterocycles. The maximum absolute atomic E-state index is 14.9. The monoisotopic (exact) mass is 509 g/mol. The third-order valence-electron chi connectivity index (χ3n) is 5.42. The van der Waals surface area contributed by atoms with Gasteiger partial charge in [-0.25, -0.2) is 13.8 Å². The van der Waals surface area contributed by atoms with Gasteiger partial charge in [0.2, 0.25) is 0 Å². The zero-order chi connectivity index (χ0) is 25.9. The third kappa shape index (κ3) is 6.12. The molecule has 2 aromatic carbocycles. The Hall–Kier alpha value is -3.66. The zero-order valence-corrected chi connectivity index (χ0v) is 20.5. The lowest BCUT2D eigenvalue weighted by Crippen LogP contribution is -2.15. The molecule has 0 aliphatic heterocycles. The molecule has 4 N–H and O–H groups in total. The molecule has 0 spiro atoms. The number of carbonyl (C=O) groups is 1. The summed E-state index contributed by atoms with van der Waals surface area (Å²) in [5, 5.41) is 13.7. The van der Waals surface area contributed by atoms with E-state index in [0.717, 1.165) is 5.56 Å². The van der Waals surface area contributed by atoms with Gasteiger partial charge in [0.1, 0.15) is 22.5 Å². The highest BCUT2D eigenvalue weighted by atomic mass is 32.1. The first kappa shape index (κ1) is 25.4. The number of primary amides is 1. The summed E-state index contributed by atoms with van der Waals surface area (Å²) >= 11 is 1.17. The molecule has 0 aliphatic rings. The van der Waals surface area contributed by atoms with Crippen molar-refractivity contribution in [1.29, 1.82) is 0 Å². The second-order valence-corrected chi connectivity index (χ2v) is 9.78. The quantitative estimate of drug-likeness (QED) is 0.262. The molecule has 4 aromatic rings. The Morgan fingerprint density at radius 2 is 1.83 bits per heavy atom. The molecule has 4 rings (SSSR count). The maximum atomic E-state index is 14.9. The zero-order valence-electron chi connectivity index (χ0n) is 19.7. The number of aromatic nitrogens is 1. The highest BCUT2D eigenvalue weighted by Gasteiger charge is 2.21. The van der Waals surface area contributed by atoms with Crippen LogP contribution in [0.1, 0.15) is 41.0 Å². The number of anilines is 2. The molecular formula is C27H25F2N3O3S. The summed E-state index contributed by atoms with van der Waals surface area (Å²) < 4.78 is 33.6. The number of rotatable bonds is 9. The van der Waals surface area contributed by atoms with Crippen LogP contribution in [0.5, 0.6) is 0 Å². The highest BCUT2D eigenvalue weighted by molar-refractivity contribution is 7.19. The van der Waals surface area contributed by atoms with Crippen LogP contribution >= 0.6 is 11.3 Å². The molecule has 0 unspecified atom stereocenters. The van der Waals surface area contributed by atoms with Gasteiger partial charge in [0.05, 0.1) is 30.1 Å². The molecule has 0 atom stereocenters. The van der Waals surface area contributed by atoms with Crippen LogP contribution in [0.25, 0.3) is 10.4 Å². The lowest BCUT2D eigenvalue weighted by Gasteiger charge is -2.18. The van der Waals surface area contributed by atoms with E-state index in [1.54, 1.807) is 56.3 Å². The molecular weight excluding hydrogens is 484 g/mol. The van der Waals surface area contributed by atoms with Crippen LogP contribution in [0.15, 0.2) is 66.7 Å². The number of benzene rings is 2. The molecule has 6 nitrogen and oxygen atoms in total. The van der Waals surface area contributed by atoms with E-state index in [0.29, 0.717) is 39.1 Å². The minimum atomic E-state index is -1.18. The van der Waals surface area contributed by atoms with E-state index in [1.807, 2.05) is 0 Å². The summed E-state index contributed by atoms with van der Waals surface area (Å²) in [6.45, 7) is 3.69. The number of ether oxygens (including phenoxy) is 1. The van der Waals surface area contributed by atoms with Crippen LogP contribution in [0.2, 0.25) is 0 Å². The Balaban J connectivity index is 1.51. The number of hydrogen-bond acceptors (Lipinski definition) is 6. The molecule has 0 aliphatic carbocycles. The van der Waals surface area contributed by atoms with E-state index in [-0.39, 0.29) is 18.0 Å². The van der Waals surface area contributed by atoms with Crippen LogP contribution in [-0.4, -0.2) is 16.0 Å². The Labute approximate surface area is 211 Å². The molecule has 0 radical (unpaired) electrons. The molecule has 0 saturated carbocycles. The number of halogens is 2. The topological polar surface area (TPSA) is 97.5 Å². The normalized spacial score (nSPS) is 11.5. The average Bonchev–Trinajstić information content (AvgIpc) is 3.24. The van der Waals surface area contributed by atoms with Gasteiger partial charge in [-0.1, -0.05) is 30.3 Å². The van der Waals surface area contributed by atoms with Gasteiger partial charge in [0.15, 0.2) is 0 Å². The first-order valence-corrected chi connectivity index (χ1v) is 11.9. The number of nitrogens with one attached hydrogen (secondary N) is 1. The minimum Gasteiger partial charge on any atom is -0.386 e. The molecule has 0 bridgehead atoms. The van der Waals surface area contributed by atoms with E-state index in [2.05, 4.69) is 10.3 Å². The van der Waals surface area contributed by atoms with Gasteiger partial charge >= 0.3 is 0 Å². The first-order valence-electron chi connectivity index (χ1n) is 11.1. The summed E-state index contributed by atoms with van der Waals surface area (Å²) in [4.78, 5) is 17.1. The van der Waals surface area contributed by atoms with Gasteiger partial charge in [-0.3, -0.25) is 4.79 Å². The molecule has 36 heavy (non-hydrogen) atoms. The van der Waals surface area contributed by atoms with E-state index in [4.69, 9.17) is 10.5 Å². The summed E-state index contributed by atoms with van der Waals surface area (Å²) in [5.41, 5.74) is 6.82. The largest absolute Gasteiger partial charge is 0.386 e. The Morgan fingerprint density at radius 1 is 1.08 bits per heavy atom. The van der Waals surface area contributed by atoms with Gasteiger partial charge in [0, 0.05) is 10.4 Å². The van der Waals surface area contributed by atoms with Gasteiger partial charge < -0.3 is 20.9 Å². The second kappa shape index (κ2) is 10.5. The van der Waals surface area contributed by atoms with Crippen LogP contribution in [0.3, 0.4) is 0 Å². The summed E-state index contributed by atoms with van der Waals surface area (Å²) in [5.74, 6) is -1.02. The number of carbonyl (C=O) groups excluding carboxylic acids is 1. The SMILES string of the molecule is CC(C)(O)c1ccc(-c2cc(C(N)=O)c(Nc3cccc(COCc4ccc(F)cc4)n3)s2)c(F)c1. The molecule has 9 heteroatoms. The van der Waals surface area contributed by atoms with Crippen LogP contribution < -0.4 is 11.1 Å². The Kier molecular flexibility index (Phi) is 7.44. The molecule has 186 valence electrons. The fourth-order valence-electron chi connectivity index (χ4n) is 3.50. The summed E-state index contributed by atoms with van der Waals surface area (Å²) in [7, 11) is 0. The molecule has 1 amide bonds. The van der Waals surface area contributed by atoms with Gasteiger partial charge in [-0.2, -0.15) is 0 Å². The first-order chi connectivity index (χ1) is 17.1. The Morgan fingerprint density at radius 3 is 2.50 bits per heavy atom. The van der Waals surface area contributed by atoms with Gasteiger partial charge in [-0.05, 0) is 61.4 Å². The Bertz CT molecular complexity index is 1380. The predicted molar refractivity (Wildman–Crippen MR) is 136 cm³/mol. The standard InChI is InChI=1S/C27H25F2N3O3S/c1-27(2,34)17-8-11-20(22(29)12-17)23-13-21(25(30)33)26(36-23)32-24-5-3-4-19(31-24)15-35-14-16-6-9-18(28)10-7-16/h3-13,34H,14-15H2,1-2H3,(H2,30,33)(H,31,32). The minimum absolute atomic E-state index is 0.209. The van der Waals surface area contributed by atoms with E-state index in [1.165, 1.54) is 35.6 Å². The van der Waals surface area contributed by atoms with Crippen molar-refractivity contribution in [1.82, 2.24) is 4.98 Å². The van der Waals surface area contributed by atoms with Crippen molar-refractivity contribution in [3.8, 4) is 10.4 Å². The third-order valence-corrected chi connectivity index (χ3v) is 6.50. The van der Waals surface area contributed by atoms with Crippen molar-refractivity contribution in [2.75, 3.05) is 5.32 Å². The number of aliphatic hydroxyl groups is 1. The van der Waals surface area contributed by atoms with Crippen LogP contribution in [-0.2, 0) is 23.6 Å². The van der Waals surface area contributed by atoms with Crippen molar-refractivity contribution < 1.29 is 23.4 Å². The lowest BCUT2D eigenvalue weighted by molar-refractivity contribution is 0.0782. The fraction of sp³-hybridized carbons (Fsp3) is 0.185. The fourth-order valence-corrected chi connectivity index (χ4v) is 4.59. The maximum Gasteiger partial charge on any atom is 0.251 e. The number of pyridine rings is 1. The number of thiophene rings is 1. The highest BCUT2D eigenvalue weighted by Crippen LogP contribution is 2.38. The van der Waals surface area contributed by atoms with Gasteiger partial charge in [0.25, 0.3) is 5.91 Å². The van der Waals surface area contributed by atoms with E-state index in [9.17, 15) is 18.7 Å². The predicted octanol–water partition coefficient (Wildman–Crippen LogP) is 5.88. The molecule has 0 fully saturated rings. The number of amides is 1. The van der Waals surface area contributed by atoms with Crippen molar-refractivity contribution in [2.24, 2.45) is 5.73 Å². The van der Waals surface area contributed by atoms with Crippen molar-refractivity contribution in [3.63, 3.8) is 0 Å². The number of nitrogens with two attached hydrogens (primary N) is 1. The van der Waals surface area contributed by atoms with Crippen molar-refractivity contribution in [2.45, 2.75) is 32.7 Å². The van der Waals surface area contributed by atoms with E-state index >= 15 is 0 Å². The smallest absolute Gasteiger partial charge is 0.251 e. The van der Waals surface area contributed by atoms with Crippen LogP contribution in [0, 0.1) is 11.6 Å². The lowest BCUT2D eigenvalue weighted by atomic mass is 9.96. The van der Waals surface area contributed by atoms with E-state index < -0.39 is 17.3 Å². The molecule has 2 heterocycles. The van der Waals surface area contributed by atoms with Crippen molar-refractivity contribution >= 4 is 28.1 Å². The summed E-state index contributed by atoms with van der Waals surface area (Å²) in [6, 6.07) is 17.4. The van der Waals surface area contributed by atoms with Crippen molar-refractivity contribution in [3.05, 3.63) is 101 Å². The van der Waals surface area contributed by atoms with Crippen LogP contribution in [0.4, 0.5) is 19.6 Å². The summed E-state index contributed by atoms with van der Waals surface area (Å²) in [6.07, 6.45) is 0.